The number of aliphatic hydroxyl groups excluding tert-OH is 1. The van der Waals surface area contributed by atoms with E-state index in [0.29, 0.717) is 30.8 Å². The van der Waals surface area contributed by atoms with Crippen LogP contribution in [-0.4, -0.2) is 64.2 Å². The van der Waals surface area contributed by atoms with Gasteiger partial charge in [0.2, 0.25) is 5.91 Å². The number of ether oxygens (including phenoxy) is 1. The van der Waals surface area contributed by atoms with Gasteiger partial charge in [-0.05, 0) is 67.6 Å². The lowest BCUT2D eigenvalue weighted by Crippen LogP contribution is -2.81. The van der Waals surface area contributed by atoms with Gasteiger partial charge >= 0.3 is 0 Å². The molecule has 3 N–H and O–H groups in total. The fourth-order valence-electron chi connectivity index (χ4n) is 9.41. The van der Waals surface area contributed by atoms with Crippen LogP contribution in [0.3, 0.4) is 0 Å². The molecule has 236 valence electrons. The first-order chi connectivity index (χ1) is 22.4. The molecule has 8 rings (SSSR count). The van der Waals surface area contributed by atoms with Crippen molar-refractivity contribution in [1.82, 2.24) is 10.2 Å². The van der Waals surface area contributed by atoms with Crippen LogP contribution in [0.1, 0.15) is 53.5 Å². The molecule has 2 bridgehead atoms. The maximum Gasteiger partial charge on any atom is 0.221 e. The SMILES string of the molecule is CN1CC[C@]23c4c5ccc(O)c4O[C@H]2[C@@H](O)CC[C@@]3(NC(=O)CCSC(c2ccccc2)(c2ccccc2)c2ccccc2)[C@H]1C5. The maximum atomic E-state index is 14.3. The molecule has 2 heterocycles. The first-order valence-electron chi connectivity index (χ1n) is 16.4. The second kappa shape index (κ2) is 11.2. The van der Waals surface area contributed by atoms with Crippen molar-refractivity contribution >= 4 is 17.7 Å². The minimum atomic E-state index is -0.661. The Kier molecular flexibility index (Phi) is 7.20. The monoisotopic (exact) mass is 632 g/mol. The smallest absolute Gasteiger partial charge is 0.221 e. The summed E-state index contributed by atoms with van der Waals surface area (Å²) in [4.78, 5) is 16.7. The van der Waals surface area contributed by atoms with E-state index < -0.39 is 27.9 Å². The number of hydrogen-bond acceptors (Lipinski definition) is 6. The van der Waals surface area contributed by atoms with Gasteiger partial charge in [0.1, 0.15) is 6.10 Å². The maximum absolute atomic E-state index is 14.3. The minimum absolute atomic E-state index is 0.0162. The van der Waals surface area contributed by atoms with Gasteiger partial charge in [0.25, 0.3) is 0 Å². The molecular weight excluding hydrogens is 593 g/mol. The number of hydrogen-bond donors (Lipinski definition) is 3. The Balaban J connectivity index is 1.13. The lowest BCUT2D eigenvalue weighted by Gasteiger charge is -2.65. The molecule has 2 aliphatic carbocycles. The lowest BCUT2D eigenvalue weighted by molar-refractivity contribution is -0.144. The van der Waals surface area contributed by atoms with Crippen molar-refractivity contribution in [2.75, 3.05) is 19.3 Å². The molecular formula is C39H40N2O4S. The van der Waals surface area contributed by atoms with Crippen LogP contribution >= 0.6 is 11.8 Å². The fourth-order valence-corrected chi connectivity index (χ4v) is 10.9. The number of carbonyl (C=O) groups excluding carboxylic acids is 1. The number of phenols is 1. The third-order valence-corrected chi connectivity index (χ3v) is 12.9. The highest BCUT2D eigenvalue weighted by Crippen LogP contribution is 2.65. The van der Waals surface area contributed by atoms with E-state index in [2.05, 4.69) is 90.1 Å². The summed E-state index contributed by atoms with van der Waals surface area (Å²) in [5, 5.41) is 25.8. The van der Waals surface area contributed by atoms with Crippen molar-refractivity contribution in [3.05, 3.63) is 131 Å². The standard InChI is InChI=1S/C39H40N2O4S/c1-41-23-22-37-34-26-17-18-30(42)35(34)45-36(37)31(43)19-21-38(37,32(41)25-26)40-33(44)20-24-46-39(27-11-5-2-6-12-27,28-13-7-3-8-14-28)29-15-9-4-10-16-29/h2-18,31-32,36,42-43H,19-25H2,1H3,(H,40,44)/t31-,32+,36-,37-,38+/m0/s1. The molecule has 2 aliphatic heterocycles. The summed E-state index contributed by atoms with van der Waals surface area (Å²) in [5.74, 6) is 1.24. The fraction of sp³-hybridized carbons (Fsp3) is 0.359. The Bertz CT molecular complexity index is 1660. The van der Waals surface area contributed by atoms with Crippen molar-refractivity contribution in [2.45, 2.75) is 66.1 Å². The minimum Gasteiger partial charge on any atom is -0.504 e. The molecule has 1 saturated heterocycles. The average molecular weight is 633 g/mol. The van der Waals surface area contributed by atoms with Crippen LogP contribution in [0.4, 0.5) is 0 Å². The van der Waals surface area contributed by atoms with E-state index in [0.717, 1.165) is 30.5 Å². The number of nitrogens with zero attached hydrogens (tertiary/aromatic N) is 1. The van der Waals surface area contributed by atoms with Gasteiger partial charge in [-0.3, -0.25) is 4.79 Å². The number of nitrogens with one attached hydrogen (secondary N) is 1. The number of likely N-dealkylation sites (tertiary alicyclic amines) is 1. The zero-order chi connectivity index (χ0) is 31.5. The number of thioether (sulfide) groups is 1. The molecule has 4 aromatic carbocycles. The zero-order valence-electron chi connectivity index (χ0n) is 26.1. The Morgan fingerprint density at radius 2 is 1.54 bits per heavy atom. The normalized spacial score (nSPS) is 27.8. The Labute approximate surface area is 274 Å². The molecule has 2 fully saturated rings. The number of amides is 1. The molecule has 1 saturated carbocycles. The predicted molar refractivity (Wildman–Crippen MR) is 181 cm³/mol. The second-order valence-corrected chi connectivity index (χ2v) is 14.7. The summed E-state index contributed by atoms with van der Waals surface area (Å²) in [7, 11) is 2.15. The molecule has 0 aromatic heterocycles. The summed E-state index contributed by atoms with van der Waals surface area (Å²) in [6, 6.07) is 35.5. The molecule has 4 aliphatic rings. The van der Waals surface area contributed by atoms with Gasteiger partial charge in [-0.2, -0.15) is 0 Å². The number of phenolic OH excluding ortho intramolecular Hbond substituents is 1. The topological polar surface area (TPSA) is 82.0 Å². The quantitative estimate of drug-likeness (QED) is 0.214. The summed E-state index contributed by atoms with van der Waals surface area (Å²) in [6.45, 7) is 0.840. The number of aliphatic hydroxyl groups is 1. The largest absolute Gasteiger partial charge is 0.504 e. The zero-order valence-corrected chi connectivity index (χ0v) is 26.9. The average Bonchev–Trinajstić information content (AvgIpc) is 3.45. The lowest BCUT2D eigenvalue weighted by atomic mass is 9.47. The molecule has 5 atom stereocenters. The summed E-state index contributed by atoms with van der Waals surface area (Å²) in [5.41, 5.74) is 4.49. The summed E-state index contributed by atoms with van der Waals surface area (Å²) < 4.78 is 5.97. The number of rotatable bonds is 8. The number of carbonyl (C=O) groups is 1. The van der Waals surface area contributed by atoms with E-state index in [1.54, 1.807) is 17.8 Å². The van der Waals surface area contributed by atoms with Crippen LogP contribution < -0.4 is 10.1 Å². The van der Waals surface area contributed by atoms with Crippen LogP contribution in [-0.2, 0) is 21.4 Å². The second-order valence-electron chi connectivity index (χ2n) is 13.4. The van der Waals surface area contributed by atoms with E-state index in [-0.39, 0.29) is 17.7 Å². The number of aromatic hydroxyl groups is 1. The van der Waals surface area contributed by atoms with Crippen molar-refractivity contribution in [2.24, 2.45) is 0 Å². The van der Waals surface area contributed by atoms with Gasteiger partial charge in [0, 0.05) is 23.8 Å². The van der Waals surface area contributed by atoms with Crippen molar-refractivity contribution in [3.63, 3.8) is 0 Å². The van der Waals surface area contributed by atoms with Gasteiger partial charge < -0.3 is 25.2 Å². The first-order valence-corrected chi connectivity index (χ1v) is 17.4. The van der Waals surface area contributed by atoms with Crippen molar-refractivity contribution in [3.8, 4) is 11.5 Å². The predicted octanol–water partition coefficient (Wildman–Crippen LogP) is 5.78. The molecule has 46 heavy (non-hydrogen) atoms. The van der Waals surface area contributed by atoms with Crippen LogP contribution in [0.15, 0.2) is 103 Å². The highest BCUT2D eigenvalue weighted by atomic mass is 32.2. The Morgan fingerprint density at radius 3 is 2.15 bits per heavy atom. The Morgan fingerprint density at radius 1 is 0.935 bits per heavy atom. The van der Waals surface area contributed by atoms with Gasteiger partial charge in [-0.1, -0.05) is 97.1 Å². The summed E-state index contributed by atoms with van der Waals surface area (Å²) in [6.07, 6.45) is 1.90. The Hall–Kier alpha value is -3.78. The highest BCUT2D eigenvalue weighted by Gasteiger charge is 2.73. The molecule has 7 heteroatoms. The van der Waals surface area contributed by atoms with Gasteiger partial charge in [0.05, 0.1) is 21.8 Å². The molecule has 0 radical (unpaired) electrons. The van der Waals surface area contributed by atoms with Gasteiger partial charge in [-0.25, -0.2) is 0 Å². The number of likely N-dealkylation sites (N-methyl/N-ethyl adjacent to an activating group) is 1. The van der Waals surface area contributed by atoms with Gasteiger partial charge in [-0.15, -0.1) is 11.8 Å². The molecule has 1 spiro atoms. The molecule has 1 amide bonds. The first kappa shape index (κ1) is 29.6. The molecule has 0 unspecified atom stereocenters. The van der Waals surface area contributed by atoms with Crippen molar-refractivity contribution in [1.29, 1.82) is 0 Å². The number of piperidine rings is 1. The van der Waals surface area contributed by atoms with Crippen LogP contribution in [0, 0.1) is 0 Å². The summed E-state index contributed by atoms with van der Waals surface area (Å²) >= 11 is 1.80. The molecule has 6 nitrogen and oxygen atoms in total. The van der Waals surface area contributed by atoms with E-state index in [1.807, 2.05) is 24.3 Å². The third-order valence-electron chi connectivity index (χ3n) is 11.3. The van der Waals surface area contributed by atoms with Crippen LogP contribution in [0.25, 0.3) is 0 Å². The van der Waals surface area contributed by atoms with Crippen LogP contribution in [0.5, 0.6) is 11.5 Å². The van der Waals surface area contributed by atoms with E-state index in [1.165, 1.54) is 16.7 Å². The van der Waals surface area contributed by atoms with Gasteiger partial charge in [0.15, 0.2) is 11.5 Å². The van der Waals surface area contributed by atoms with E-state index >= 15 is 0 Å². The van der Waals surface area contributed by atoms with E-state index in [4.69, 9.17) is 4.74 Å². The van der Waals surface area contributed by atoms with Crippen LogP contribution in [0.2, 0.25) is 0 Å². The third kappa shape index (κ3) is 4.14. The van der Waals surface area contributed by atoms with E-state index in [9.17, 15) is 15.0 Å². The molecule has 4 aromatic rings. The van der Waals surface area contributed by atoms with Crippen molar-refractivity contribution < 1.29 is 19.7 Å². The highest BCUT2D eigenvalue weighted by molar-refractivity contribution is 8.00. The number of benzene rings is 4.